The zero-order chi connectivity index (χ0) is 18.7. The number of carbonyl (C=O) groups is 2. The lowest BCUT2D eigenvalue weighted by Crippen LogP contribution is -2.35. The third kappa shape index (κ3) is 3.64. The first-order valence-corrected chi connectivity index (χ1v) is 8.76. The van der Waals surface area contributed by atoms with Crippen molar-refractivity contribution in [3.05, 3.63) is 50.5 Å². The van der Waals surface area contributed by atoms with Crippen molar-refractivity contribution < 1.29 is 19.2 Å². The van der Waals surface area contributed by atoms with Gasteiger partial charge in [-0.3, -0.25) is 20.2 Å². The van der Waals surface area contributed by atoms with E-state index in [4.69, 9.17) is 4.74 Å². The molecule has 9 nitrogen and oxygen atoms in total. The number of nitro groups is 1. The van der Waals surface area contributed by atoms with E-state index in [1.165, 1.54) is 29.5 Å². The second-order valence-electron chi connectivity index (χ2n) is 5.49. The molecule has 0 fully saturated rings. The summed E-state index contributed by atoms with van der Waals surface area (Å²) >= 11 is 1.27. The monoisotopic (exact) mass is 376 g/mol. The molecule has 0 bridgehead atoms. The molecule has 26 heavy (non-hydrogen) atoms. The zero-order valence-electron chi connectivity index (χ0n) is 13.9. The first kappa shape index (κ1) is 17.8. The Balaban J connectivity index is 1.76. The lowest BCUT2D eigenvalue weighted by atomic mass is 10.1. The van der Waals surface area contributed by atoms with Gasteiger partial charge in [-0.15, -0.1) is 0 Å². The number of thiazole rings is 1. The van der Waals surface area contributed by atoms with Crippen molar-refractivity contribution in [2.45, 2.75) is 19.9 Å². The number of fused-ring (bicyclic) bond motifs is 1. The number of anilines is 1. The maximum Gasteiger partial charge on any atom is 0.413 e. The minimum atomic E-state index is -0.577. The summed E-state index contributed by atoms with van der Waals surface area (Å²) in [6.45, 7) is 2.66. The van der Waals surface area contributed by atoms with Gasteiger partial charge in [0.25, 0.3) is 11.6 Å². The molecule has 1 N–H and O–H groups in total. The number of hydrogen-bond donors (Lipinski definition) is 1. The molecule has 0 unspecified atom stereocenters. The predicted molar refractivity (Wildman–Crippen MR) is 94.3 cm³/mol. The van der Waals surface area contributed by atoms with Gasteiger partial charge in [-0.25, -0.2) is 9.78 Å². The fourth-order valence-electron chi connectivity index (χ4n) is 2.66. The van der Waals surface area contributed by atoms with Crippen molar-refractivity contribution in [3.8, 4) is 0 Å². The molecular weight excluding hydrogens is 360 g/mol. The van der Waals surface area contributed by atoms with Crippen LogP contribution in [0.1, 0.15) is 27.9 Å². The van der Waals surface area contributed by atoms with E-state index in [-0.39, 0.29) is 17.9 Å². The molecule has 0 saturated heterocycles. The van der Waals surface area contributed by atoms with E-state index in [1.807, 2.05) is 0 Å². The lowest BCUT2D eigenvalue weighted by Gasteiger charge is -2.26. The van der Waals surface area contributed by atoms with Gasteiger partial charge < -0.3 is 9.64 Å². The second-order valence-corrected chi connectivity index (χ2v) is 6.57. The first-order chi connectivity index (χ1) is 12.5. The fourth-order valence-corrected chi connectivity index (χ4v) is 3.67. The van der Waals surface area contributed by atoms with Crippen LogP contribution < -0.4 is 5.32 Å². The molecular formula is C16H16N4O5S. The topological polar surface area (TPSA) is 115 Å². The molecule has 1 aromatic heterocycles. The van der Waals surface area contributed by atoms with E-state index in [2.05, 4.69) is 10.3 Å². The highest BCUT2D eigenvalue weighted by Gasteiger charge is 2.29. The largest absolute Gasteiger partial charge is 0.450 e. The fraction of sp³-hybridized carbons (Fsp3) is 0.312. The van der Waals surface area contributed by atoms with Crippen LogP contribution in [0.25, 0.3) is 0 Å². The van der Waals surface area contributed by atoms with Crippen LogP contribution in [-0.2, 0) is 17.7 Å². The number of benzene rings is 1. The van der Waals surface area contributed by atoms with Gasteiger partial charge in [0.15, 0.2) is 5.13 Å². The van der Waals surface area contributed by atoms with Crippen LogP contribution in [0.4, 0.5) is 15.6 Å². The zero-order valence-corrected chi connectivity index (χ0v) is 14.7. The number of nitro benzene ring substituents is 1. The number of nitrogens with zero attached hydrogens (tertiary/aromatic N) is 3. The molecule has 0 aliphatic carbocycles. The second kappa shape index (κ2) is 7.48. The van der Waals surface area contributed by atoms with E-state index < -0.39 is 16.9 Å². The number of para-hydroxylation sites is 1. The maximum atomic E-state index is 12.7. The highest BCUT2D eigenvalue weighted by atomic mass is 32.1. The van der Waals surface area contributed by atoms with Crippen LogP contribution >= 0.6 is 11.3 Å². The van der Waals surface area contributed by atoms with Crippen LogP contribution in [0.5, 0.6) is 0 Å². The smallest absolute Gasteiger partial charge is 0.413 e. The molecule has 10 heteroatoms. The van der Waals surface area contributed by atoms with Gasteiger partial charge in [0.2, 0.25) is 0 Å². The van der Waals surface area contributed by atoms with Crippen molar-refractivity contribution in [2.24, 2.45) is 0 Å². The van der Waals surface area contributed by atoms with Gasteiger partial charge in [-0.05, 0) is 13.0 Å². The summed E-state index contributed by atoms with van der Waals surface area (Å²) in [5.74, 6) is -0.392. The SMILES string of the molecule is CCOC(=O)Nc1nc2c(s1)CN(C(=O)c1ccccc1[N+](=O)[O-])CC2. The molecule has 2 heterocycles. The van der Waals surface area contributed by atoms with Crippen LogP contribution in [0.2, 0.25) is 0 Å². The Morgan fingerprint density at radius 1 is 1.42 bits per heavy atom. The summed E-state index contributed by atoms with van der Waals surface area (Å²) < 4.78 is 4.82. The number of carbonyl (C=O) groups excluding carboxylic acids is 2. The van der Waals surface area contributed by atoms with Crippen molar-refractivity contribution in [1.82, 2.24) is 9.88 Å². The number of hydrogen-bond acceptors (Lipinski definition) is 7. The van der Waals surface area contributed by atoms with Gasteiger partial charge in [0.1, 0.15) is 5.56 Å². The van der Waals surface area contributed by atoms with Crippen LogP contribution in [0.3, 0.4) is 0 Å². The van der Waals surface area contributed by atoms with Crippen molar-refractivity contribution in [1.29, 1.82) is 0 Å². The minimum absolute atomic E-state index is 0.0651. The molecule has 2 aromatic rings. The average molecular weight is 376 g/mol. The van der Waals surface area contributed by atoms with E-state index >= 15 is 0 Å². The Hall–Kier alpha value is -3.01. The van der Waals surface area contributed by atoms with E-state index in [1.54, 1.807) is 17.9 Å². The van der Waals surface area contributed by atoms with Crippen LogP contribution in [0, 0.1) is 10.1 Å². The average Bonchev–Trinajstić information content (AvgIpc) is 3.02. The summed E-state index contributed by atoms with van der Waals surface area (Å²) in [5.41, 5.74) is 0.668. The number of amides is 2. The molecule has 1 aromatic carbocycles. The minimum Gasteiger partial charge on any atom is -0.450 e. The van der Waals surface area contributed by atoms with E-state index in [9.17, 15) is 19.7 Å². The molecule has 2 amide bonds. The number of ether oxygens (including phenoxy) is 1. The normalized spacial score (nSPS) is 13.0. The van der Waals surface area contributed by atoms with E-state index in [0.29, 0.717) is 24.6 Å². The third-order valence-electron chi connectivity index (χ3n) is 3.83. The molecule has 0 spiro atoms. The van der Waals surface area contributed by atoms with Gasteiger partial charge in [0, 0.05) is 23.9 Å². The van der Waals surface area contributed by atoms with Crippen LogP contribution in [0.15, 0.2) is 24.3 Å². The Morgan fingerprint density at radius 3 is 2.92 bits per heavy atom. The summed E-state index contributed by atoms with van der Waals surface area (Å²) in [6.07, 6.45) is -0.0608. The predicted octanol–water partition coefficient (Wildman–Crippen LogP) is 2.82. The molecule has 0 atom stereocenters. The third-order valence-corrected chi connectivity index (χ3v) is 4.83. The molecule has 0 radical (unpaired) electrons. The summed E-state index contributed by atoms with van der Waals surface area (Å²) in [7, 11) is 0. The van der Waals surface area contributed by atoms with Crippen LogP contribution in [-0.4, -0.2) is 40.0 Å². The first-order valence-electron chi connectivity index (χ1n) is 7.94. The van der Waals surface area contributed by atoms with Crippen molar-refractivity contribution >= 4 is 34.2 Å². The molecule has 1 aliphatic heterocycles. The Bertz CT molecular complexity index is 866. The summed E-state index contributed by atoms with van der Waals surface area (Å²) in [6, 6.07) is 5.90. The number of aromatic nitrogens is 1. The highest BCUT2D eigenvalue weighted by Crippen LogP contribution is 2.30. The molecule has 136 valence electrons. The van der Waals surface area contributed by atoms with Crippen molar-refractivity contribution in [3.63, 3.8) is 0 Å². The highest BCUT2D eigenvalue weighted by molar-refractivity contribution is 7.15. The van der Waals surface area contributed by atoms with Crippen molar-refractivity contribution in [2.75, 3.05) is 18.5 Å². The van der Waals surface area contributed by atoms with Gasteiger partial charge in [-0.2, -0.15) is 0 Å². The Morgan fingerprint density at radius 2 is 2.19 bits per heavy atom. The van der Waals surface area contributed by atoms with Gasteiger partial charge in [0.05, 0.1) is 23.8 Å². The summed E-state index contributed by atoms with van der Waals surface area (Å²) in [4.78, 5) is 41.5. The number of nitrogens with one attached hydrogen (secondary N) is 1. The Kier molecular flexibility index (Phi) is 5.12. The molecule has 0 saturated carbocycles. The van der Waals surface area contributed by atoms with Gasteiger partial charge in [-0.1, -0.05) is 23.5 Å². The molecule has 3 rings (SSSR count). The Labute approximate surface area is 152 Å². The maximum absolute atomic E-state index is 12.7. The molecule has 1 aliphatic rings. The van der Waals surface area contributed by atoms with Gasteiger partial charge >= 0.3 is 6.09 Å². The summed E-state index contributed by atoms with van der Waals surface area (Å²) in [5, 5.41) is 14.1. The standard InChI is InChI=1S/C16H16N4O5S/c1-2-25-16(22)18-15-17-11-7-8-19(9-13(11)26-15)14(21)10-5-3-4-6-12(10)20(23)24/h3-6H,2,7-9H2,1H3,(H,17,18,22). The van der Waals surface area contributed by atoms with E-state index in [0.717, 1.165) is 10.6 Å². The quantitative estimate of drug-likeness (QED) is 0.648. The number of rotatable bonds is 4. The lowest BCUT2D eigenvalue weighted by molar-refractivity contribution is -0.385.